The maximum Gasteiger partial charge on any atom is 0.0974 e. The zero-order valence-corrected chi connectivity index (χ0v) is 23.3. The molecule has 0 aliphatic heterocycles. The Labute approximate surface area is 241 Å². The molecule has 0 N–H and O–H groups in total. The molecule has 5 aromatic carbocycles. The molecule has 196 valence electrons. The first-order valence-electron chi connectivity index (χ1n) is 14.2. The molecule has 7 rings (SSSR count). The minimum atomic E-state index is 0.858. The van der Waals surface area contributed by atoms with Crippen molar-refractivity contribution in [3.05, 3.63) is 145 Å². The van der Waals surface area contributed by atoms with Crippen LogP contribution in [0.2, 0.25) is 0 Å². The number of fused-ring (bicyclic) bond motifs is 3. The van der Waals surface area contributed by atoms with Crippen LogP contribution in [0, 0.1) is 6.92 Å². The molecule has 0 saturated carbocycles. The Morgan fingerprint density at radius 1 is 0.463 bits per heavy atom. The molecule has 2 nitrogen and oxygen atoms in total. The van der Waals surface area contributed by atoms with Crippen LogP contribution in [0.25, 0.3) is 66.3 Å². The first-order chi connectivity index (χ1) is 20.2. The van der Waals surface area contributed by atoms with Crippen LogP contribution in [-0.2, 0) is 6.42 Å². The van der Waals surface area contributed by atoms with E-state index < -0.39 is 0 Å². The number of aryl methyl sites for hydroxylation is 2. The van der Waals surface area contributed by atoms with Gasteiger partial charge in [-0.2, -0.15) is 0 Å². The number of aromatic nitrogens is 2. The number of rotatable bonds is 5. The molecule has 2 aromatic heterocycles. The Bertz CT molecular complexity index is 2010. The molecular weight excluding hydrogens is 496 g/mol. The minimum absolute atomic E-state index is 0.858. The van der Waals surface area contributed by atoms with E-state index in [1.54, 1.807) is 0 Å². The Morgan fingerprint density at radius 3 is 1.63 bits per heavy atom. The molecule has 0 spiro atoms. The molecule has 2 heteroatoms. The zero-order valence-electron chi connectivity index (χ0n) is 23.3. The van der Waals surface area contributed by atoms with Crippen molar-refractivity contribution in [2.75, 3.05) is 0 Å². The van der Waals surface area contributed by atoms with Gasteiger partial charge in [0.15, 0.2) is 0 Å². The molecule has 0 bridgehead atoms. The van der Waals surface area contributed by atoms with E-state index in [0.29, 0.717) is 0 Å². The van der Waals surface area contributed by atoms with Crippen molar-refractivity contribution >= 4 is 21.8 Å². The van der Waals surface area contributed by atoms with Crippen LogP contribution in [0.1, 0.15) is 18.3 Å². The monoisotopic (exact) mass is 526 g/mol. The van der Waals surface area contributed by atoms with Crippen LogP contribution in [-0.4, -0.2) is 9.97 Å². The minimum Gasteiger partial charge on any atom is -0.251 e. The van der Waals surface area contributed by atoms with Crippen molar-refractivity contribution in [1.29, 1.82) is 0 Å². The molecule has 0 amide bonds. The van der Waals surface area contributed by atoms with Crippen molar-refractivity contribution < 1.29 is 0 Å². The lowest BCUT2D eigenvalue weighted by Gasteiger charge is -2.15. The first-order valence-corrected chi connectivity index (χ1v) is 14.2. The van der Waals surface area contributed by atoms with E-state index in [4.69, 9.17) is 9.97 Å². The maximum absolute atomic E-state index is 5.09. The number of pyridine rings is 2. The van der Waals surface area contributed by atoms with Crippen molar-refractivity contribution in [3.8, 4) is 44.5 Å². The molecule has 0 fully saturated rings. The van der Waals surface area contributed by atoms with Crippen molar-refractivity contribution in [3.63, 3.8) is 0 Å². The van der Waals surface area contributed by atoms with Gasteiger partial charge in [0.2, 0.25) is 0 Å². The summed E-state index contributed by atoms with van der Waals surface area (Å²) in [5.41, 5.74) is 13.6. The lowest BCUT2D eigenvalue weighted by atomic mass is 9.91. The van der Waals surface area contributed by atoms with Gasteiger partial charge in [0, 0.05) is 22.2 Å². The van der Waals surface area contributed by atoms with Crippen molar-refractivity contribution in [1.82, 2.24) is 9.97 Å². The van der Waals surface area contributed by atoms with Crippen molar-refractivity contribution in [2.45, 2.75) is 20.3 Å². The average Bonchev–Trinajstić information content (AvgIpc) is 3.05. The van der Waals surface area contributed by atoms with Crippen LogP contribution < -0.4 is 0 Å². The highest BCUT2D eigenvalue weighted by atomic mass is 14.8. The fourth-order valence-corrected chi connectivity index (χ4v) is 5.67. The van der Waals surface area contributed by atoms with E-state index in [0.717, 1.165) is 39.6 Å². The zero-order chi connectivity index (χ0) is 27.8. The summed E-state index contributed by atoms with van der Waals surface area (Å²) >= 11 is 0. The van der Waals surface area contributed by atoms with Crippen LogP contribution >= 0.6 is 0 Å². The van der Waals surface area contributed by atoms with Gasteiger partial charge in [0.25, 0.3) is 0 Å². The van der Waals surface area contributed by atoms with Gasteiger partial charge >= 0.3 is 0 Å². The molecular formula is C39H30N2. The Balaban J connectivity index is 1.45. The smallest absolute Gasteiger partial charge is 0.0974 e. The Kier molecular flexibility index (Phi) is 6.37. The molecule has 0 unspecified atom stereocenters. The van der Waals surface area contributed by atoms with E-state index in [-0.39, 0.29) is 0 Å². The van der Waals surface area contributed by atoms with E-state index >= 15 is 0 Å². The number of hydrogen-bond acceptors (Lipinski definition) is 2. The van der Waals surface area contributed by atoms with Crippen LogP contribution in [0.5, 0.6) is 0 Å². The van der Waals surface area contributed by atoms with E-state index in [1.165, 1.54) is 44.5 Å². The molecule has 7 aromatic rings. The summed E-state index contributed by atoms with van der Waals surface area (Å²) in [6, 6.07) is 47.9. The second-order valence-electron chi connectivity index (χ2n) is 10.6. The second kappa shape index (κ2) is 10.5. The highest BCUT2D eigenvalue weighted by Crippen LogP contribution is 2.38. The third-order valence-corrected chi connectivity index (χ3v) is 7.87. The predicted molar refractivity (Wildman–Crippen MR) is 173 cm³/mol. The fourth-order valence-electron chi connectivity index (χ4n) is 5.67. The highest BCUT2D eigenvalue weighted by molar-refractivity contribution is 6.08. The molecule has 0 atom stereocenters. The summed E-state index contributed by atoms with van der Waals surface area (Å²) in [4.78, 5) is 10.0. The van der Waals surface area contributed by atoms with Gasteiger partial charge in [-0.05, 0) is 88.2 Å². The first kappa shape index (κ1) is 24.9. The lowest BCUT2D eigenvalue weighted by molar-refractivity contribution is 1.06. The van der Waals surface area contributed by atoms with Gasteiger partial charge < -0.3 is 0 Å². The maximum atomic E-state index is 5.09. The van der Waals surface area contributed by atoms with Crippen molar-refractivity contribution in [2.24, 2.45) is 0 Å². The molecule has 0 aliphatic carbocycles. The van der Waals surface area contributed by atoms with E-state index in [9.17, 15) is 0 Å². The third kappa shape index (κ3) is 4.79. The van der Waals surface area contributed by atoms with Gasteiger partial charge in [-0.25, -0.2) is 0 Å². The van der Waals surface area contributed by atoms with E-state index in [1.807, 2.05) is 6.92 Å². The summed E-state index contributed by atoms with van der Waals surface area (Å²) < 4.78 is 0. The SMILES string of the molecule is CCc1cc(-c2cc(-c3ccccc3)cc(-c3ccc(-c4ccccc4)cc3)c2)c2ccc3ccc(C)nc3c2n1. The number of benzene rings is 5. The van der Waals surface area contributed by atoms with Gasteiger partial charge in [0.1, 0.15) is 0 Å². The highest BCUT2D eigenvalue weighted by Gasteiger charge is 2.14. The molecule has 0 radical (unpaired) electrons. The topological polar surface area (TPSA) is 25.8 Å². The molecule has 41 heavy (non-hydrogen) atoms. The van der Waals surface area contributed by atoms with Gasteiger partial charge in [-0.3, -0.25) is 9.97 Å². The predicted octanol–water partition coefficient (Wildman–Crippen LogP) is 10.3. The largest absolute Gasteiger partial charge is 0.251 e. The van der Waals surface area contributed by atoms with Crippen LogP contribution in [0.15, 0.2) is 133 Å². The van der Waals surface area contributed by atoms with Crippen LogP contribution in [0.3, 0.4) is 0 Å². The third-order valence-electron chi connectivity index (χ3n) is 7.87. The summed E-state index contributed by atoms with van der Waals surface area (Å²) in [5, 5.41) is 2.25. The quantitative estimate of drug-likeness (QED) is 0.209. The standard InChI is InChI=1S/C39H30N2/c1-3-35-25-37(36-21-20-31-15-14-26(2)40-38(31)39(36)41-35)34-23-32(28-12-8-5-9-13-28)22-33(24-34)30-18-16-29(17-19-30)27-10-6-4-7-11-27/h4-25H,3H2,1-2H3. The molecule has 0 aliphatic rings. The fraction of sp³-hybridized carbons (Fsp3) is 0.0769. The molecule has 2 heterocycles. The summed E-state index contributed by atoms with van der Waals surface area (Å²) in [6.45, 7) is 4.21. The number of nitrogens with zero attached hydrogens (tertiary/aromatic N) is 2. The molecule has 0 saturated heterocycles. The number of hydrogen-bond donors (Lipinski definition) is 0. The normalized spacial score (nSPS) is 11.3. The van der Waals surface area contributed by atoms with Gasteiger partial charge in [-0.1, -0.05) is 110 Å². The average molecular weight is 527 g/mol. The summed E-state index contributed by atoms with van der Waals surface area (Å²) in [5.74, 6) is 0. The Morgan fingerprint density at radius 2 is 1.00 bits per heavy atom. The lowest BCUT2D eigenvalue weighted by Crippen LogP contribution is -1.95. The Hall–Kier alpha value is -5.08. The summed E-state index contributed by atoms with van der Waals surface area (Å²) in [7, 11) is 0. The van der Waals surface area contributed by atoms with E-state index in [2.05, 4.69) is 140 Å². The van der Waals surface area contributed by atoms with Crippen LogP contribution in [0.4, 0.5) is 0 Å². The summed E-state index contributed by atoms with van der Waals surface area (Å²) in [6.07, 6.45) is 0.858. The van der Waals surface area contributed by atoms with Gasteiger partial charge in [-0.15, -0.1) is 0 Å². The second-order valence-corrected chi connectivity index (χ2v) is 10.6. The van der Waals surface area contributed by atoms with Gasteiger partial charge in [0.05, 0.1) is 11.0 Å².